The molecule has 0 radical (unpaired) electrons. The molecule has 2 aromatic rings. The molecule has 1 fully saturated rings. The van der Waals surface area contributed by atoms with Crippen molar-refractivity contribution in [2.45, 2.75) is 38.6 Å². The molecule has 3 rings (SSSR count). The van der Waals surface area contributed by atoms with Crippen molar-refractivity contribution in [3.8, 4) is 0 Å². The third-order valence-corrected chi connectivity index (χ3v) is 4.18. The zero-order chi connectivity index (χ0) is 15.5. The Kier molecular flexibility index (Phi) is 4.22. The number of amides is 1. The van der Waals surface area contributed by atoms with Crippen molar-refractivity contribution in [1.82, 2.24) is 14.9 Å². The van der Waals surface area contributed by atoms with Crippen LogP contribution in [0, 0.1) is 12.7 Å². The second-order valence-corrected chi connectivity index (χ2v) is 5.79. The highest BCUT2D eigenvalue weighted by Gasteiger charge is 2.31. The molecule has 1 aromatic heterocycles. The van der Waals surface area contributed by atoms with Crippen molar-refractivity contribution in [3.63, 3.8) is 0 Å². The van der Waals surface area contributed by atoms with Crippen molar-refractivity contribution in [2.24, 2.45) is 0 Å². The predicted molar refractivity (Wildman–Crippen MR) is 81.7 cm³/mol. The molecule has 0 spiro atoms. The molecule has 1 aliphatic rings. The monoisotopic (exact) mass is 301 g/mol. The Labute approximate surface area is 129 Å². The highest BCUT2D eigenvalue weighted by Crippen LogP contribution is 2.30. The first-order chi connectivity index (χ1) is 10.6. The molecule has 1 unspecified atom stereocenters. The molecule has 1 atom stereocenters. The molecule has 1 aromatic carbocycles. The van der Waals surface area contributed by atoms with Crippen molar-refractivity contribution in [1.29, 1.82) is 0 Å². The maximum Gasteiger partial charge on any atom is 0.223 e. The van der Waals surface area contributed by atoms with E-state index < -0.39 is 0 Å². The Bertz CT molecular complexity index is 667. The summed E-state index contributed by atoms with van der Waals surface area (Å²) in [6.45, 7) is 2.70. The van der Waals surface area contributed by atoms with Crippen molar-refractivity contribution < 1.29 is 9.18 Å². The van der Waals surface area contributed by atoms with Crippen LogP contribution in [-0.2, 0) is 11.2 Å². The molecular weight excluding hydrogens is 281 g/mol. The van der Waals surface area contributed by atoms with Crippen LogP contribution < -0.4 is 0 Å². The van der Waals surface area contributed by atoms with E-state index in [1.54, 1.807) is 24.4 Å². The Morgan fingerprint density at radius 3 is 3.00 bits per heavy atom. The summed E-state index contributed by atoms with van der Waals surface area (Å²) in [5.74, 6) is 0.684. The number of likely N-dealkylation sites (tertiary alicyclic amines) is 1. The quantitative estimate of drug-likeness (QED) is 0.943. The van der Waals surface area contributed by atoms with Gasteiger partial charge in [0.15, 0.2) is 0 Å². The first kappa shape index (κ1) is 14.8. The molecule has 1 N–H and O–H groups in total. The lowest BCUT2D eigenvalue weighted by molar-refractivity contribution is -0.132. The van der Waals surface area contributed by atoms with E-state index >= 15 is 0 Å². The number of nitrogens with one attached hydrogen (secondary N) is 1. The summed E-state index contributed by atoms with van der Waals surface area (Å²) >= 11 is 0. The molecule has 116 valence electrons. The molecule has 4 nitrogen and oxygen atoms in total. The number of hydrogen-bond acceptors (Lipinski definition) is 2. The highest BCUT2D eigenvalue weighted by atomic mass is 19.1. The van der Waals surface area contributed by atoms with Crippen molar-refractivity contribution in [3.05, 3.63) is 53.4 Å². The van der Waals surface area contributed by atoms with E-state index in [0.717, 1.165) is 30.9 Å². The summed E-state index contributed by atoms with van der Waals surface area (Å²) in [5, 5.41) is 0. The Balaban J connectivity index is 1.65. The van der Waals surface area contributed by atoms with Crippen LogP contribution in [0.15, 0.2) is 30.5 Å². The van der Waals surface area contributed by atoms with E-state index in [1.807, 2.05) is 11.8 Å². The lowest BCUT2D eigenvalue weighted by Gasteiger charge is -2.23. The minimum Gasteiger partial charge on any atom is -0.344 e. The second-order valence-electron chi connectivity index (χ2n) is 5.79. The third kappa shape index (κ3) is 3.03. The number of aromatic nitrogens is 2. The largest absolute Gasteiger partial charge is 0.344 e. The van der Waals surface area contributed by atoms with Gasteiger partial charge in [-0.3, -0.25) is 4.79 Å². The second kappa shape index (κ2) is 6.30. The van der Waals surface area contributed by atoms with E-state index in [9.17, 15) is 9.18 Å². The van der Waals surface area contributed by atoms with Crippen LogP contribution in [0.5, 0.6) is 0 Å². The first-order valence-corrected chi connectivity index (χ1v) is 7.69. The zero-order valence-electron chi connectivity index (χ0n) is 12.7. The standard InChI is InChI=1S/C17H20FN3O/c1-12-11-19-17(20-12)15-7-4-10-21(15)16(22)9-8-13-5-2-3-6-14(13)18/h2-3,5-6,11,15H,4,7-10H2,1H3,(H,19,20). The number of benzene rings is 1. The van der Waals surface area contributed by atoms with E-state index in [1.165, 1.54) is 6.07 Å². The molecule has 5 heteroatoms. The number of aromatic amines is 1. The van der Waals surface area contributed by atoms with Gasteiger partial charge in [0.25, 0.3) is 0 Å². The first-order valence-electron chi connectivity index (χ1n) is 7.69. The maximum atomic E-state index is 13.6. The lowest BCUT2D eigenvalue weighted by atomic mass is 10.1. The Morgan fingerprint density at radius 1 is 1.45 bits per heavy atom. The van der Waals surface area contributed by atoms with Crippen LogP contribution in [0.1, 0.15) is 42.4 Å². The molecule has 1 aliphatic heterocycles. The summed E-state index contributed by atoms with van der Waals surface area (Å²) in [7, 11) is 0. The molecule has 0 aliphatic carbocycles. The van der Waals surface area contributed by atoms with Gasteiger partial charge in [-0.15, -0.1) is 0 Å². The highest BCUT2D eigenvalue weighted by molar-refractivity contribution is 5.77. The molecular formula is C17H20FN3O. The van der Waals surface area contributed by atoms with Crippen LogP contribution in [-0.4, -0.2) is 27.3 Å². The van der Waals surface area contributed by atoms with Crippen LogP contribution in [0.3, 0.4) is 0 Å². The molecule has 22 heavy (non-hydrogen) atoms. The van der Waals surface area contributed by atoms with Crippen LogP contribution in [0.2, 0.25) is 0 Å². The summed E-state index contributed by atoms with van der Waals surface area (Å²) in [4.78, 5) is 21.9. The average molecular weight is 301 g/mol. The number of carbonyl (C=O) groups excluding carboxylic acids is 1. The van der Waals surface area contributed by atoms with Gasteiger partial charge in [0.2, 0.25) is 5.91 Å². The number of carbonyl (C=O) groups is 1. The molecule has 1 amide bonds. The smallest absolute Gasteiger partial charge is 0.223 e. The van der Waals surface area contributed by atoms with Gasteiger partial charge < -0.3 is 9.88 Å². The minimum atomic E-state index is -0.241. The van der Waals surface area contributed by atoms with Gasteiger partial charge in [0.1, 0.15) is 11.6 Å². The summed E-state index contributed by atoms with van der Waals surface area (Å²) in [6.07, 6.45) is 4.47. The van der Waals surface area contributed by atoms with Gasteiger partial charge in [-0.2, -0.15) is 0 Å². The minimum absolute atomic E-state index is 0.0295. The van der Waals surface area contributed by atoms with Crippen molar-refractivity contribution in [2.75, 3.05) is 6.54 Å². The van der Waals surface area contributed by atoms with Gasteiger partial charge >= 0.3 is 0 Å². The number of imidazole rings is 1. The van der Waals surface area contributed by atoms with Gasteiger partial charge in [-0.25, -0.2) is 9.37 Å². The fraction of sp³-hybridized carbons (Fsp3) is 0.412. The fourth-order valence-corrected chi connectivity index (χ4v) is 3.04. The number of hydrogen-bond donors (Lipinski definition) is 1. The number of rotatable bonds is 4. The summed E-state index contributed by atoms with van der Waals surface area (Å²) in [5.41, 5.74) is 1.60. The third-order valence-electron chi connectivity index (χ3n) is 4.18. The SMILES string of the molecule is Cc1cnc(C2CCCN2C(=O)CCc2ccccc2F)[nH]1. The van der Waals surface area contributed by atoms with Gasteiger partial charge in [-0.1, -0.05) is 18.2 Å². The fourth-order valence-electron chi connectivity index (χ4n) is 3.04. The number of halogens is 1. The number of nitrogens with zero attached hydrogens (tertiary/aromatic N) is 2. The lowest BCUT2D eigenvalue weighted by Crippen LogP contribution is -2.31. The van der Waals surface area contributed by atoms with Crippen molar-refractivity contribution >= 4 is 5.91 Å². The van der Waals surface area contributed by atoms with Gasteiger partial charge in [0.05, 0.1) is 6.04 Å². The zero-order valence-corrected chi connectivity index (χ0v) is 12.7. The van der Waals surface area contributed by atoms with Gasteiger partial charge in [0, 0.05) is 24.9 Å². The van der Waals surface area contributed by atoms with E-state index in [4.69, 9.17) is 0 Å². The normalized spacial score (nSPS) is 17.9. The maximum absolute atomic E-state index is 13.6. The number of aryl methyl sites for hydroxylation is 2. The van der Waals surface area contributed by atoms with E-state index in [2.05, 4.69) is 9.97 Å². The van der Waals surface area contributed by atoms with Gasteiger partial charge in [-0.05, 0) is 37.8 Å². The molecule has 0 saturated carbocycles. The summed E-state index contributed by atoms with van der Waals surface area (Å²) in [6, 6.07) is 6.66. The topological polar surface area (TPSA) is 49.0 Å². The molecule has 1 saturated heterocycles. The average Bonchev–Trinajstić information content (AvgIpc) is 3.14. The van der Waals surface area contributed by atoms with Crippen LogP contribution in [0.25, 0.3) is 0 Å². The summed E-state index contributed by atoms with van der Waals surface area (Å²) < 4.78 is 13.6. The number of H-pyrrole nitrogens is 1. The molecule has 0 bridgehead atoms. The Hall–Kier alpha value is -2.17. The Morgan fingerprint density at radius 2 is 2.27 bits per heavy atom. The van der Waals surface area contributed by atoms with E-state index in [-0.39, 0.29) is 17.8 Å². The predicted octanol–water partition coefficient (Wildman–Crippen LogP) is 3.15. The van der Waals surface area contributed by atoms with E-state index in [0.29, 0.717) is 18.4 Å². The van der Waals surface area contributed by atoms with Crippen LogP contribution >= 0.6 is 0 Å². The molecule has 2 heterocycles. The van der Waals surface area contributed by atoms with Crippen LogP contribution in [0.4, 0.5) is 4.39 Å².